The Bertz CT molecular complexity index is 475. The van der Waals surface area contributed by atoms with Crippen LogP contribution >= 0.6 is 0 Å². The summed E-state index contributed by atoms with van der Waals surface area (Å²) >= 11 is 0. The van der Waals surface area contributed by atoms with Crippen LogP contribution in [0.1, 0.15) is 43.5 Å². The van der Waals surface area contributed by atoms with Gasteiger partial charge in [0, 0.05) is 24.7 Å². The highest BCUT2D eigenvalue weighted by Crippen LogP contribution is 2.25. The van der Waals surface area contributed by atoms with Gasteiger partial charge in [-0.2, -0.15) is 0 Å². The minimum Gasteiger partial charge on any atom is -0.379 e. The standard InChI is InChI=1S/C14H21N3O3/c1-3-5-9-16-14(18)11-6-7-13(17(19)20)12(10-11)15-8-4-2/h6-7,10,15H,3-5,8-9H2,1-2H3,(H,16,18). The average Bonchev–Trinajstić information content (AvgIpc) is 2.44. The van der Waals surface area contributed by atoms with Gasteiger partial charge in [0.2, 0.25) is 0 Å². The fraction of sp³-hybridized carbons (Fsp3) is 0.500. The Morgan fingerprint density at radius 1 is 1.25 bits per heavy atom. The van der Waals surface area contributed by atoms with Crippen LogP contribution in [0.3, 0.4) is 0 Å². The van der Waals surface area contributed by atoms with E-state index in [1.165, 1.54) is 18.2 Å². The third-order valence-electron chi connectivity index (χ3n) is 2.84. The zero-order valence-corrected chi connectivity index (χ0v) is 11.9. The van der Waals surface area contributed by atoms with Crippen LogP contribution in [0.5, 0.6) is 0 Å². The predicted molar refractivity (Wildman–Crippen MR) is 79.1 cm³/mol. The first-order chi connectivity index (χ1) is 9.60. The van der Waals surface area contributed by atoms with Crippen molar-refractivity contribution in [3.8, 4) is 0 Å². The van der Waals surface area contributed by atoms with Crippen molar-refractivity contribution < 1.29 is 9.72 Å². The second-order valence-corrected chi connectivity index (χ2v) is 4.53. The first kappa shape index (κ1) is 15.9. The smallest absolute Gasteiger partial charge is 0.292 e. The molecule has 6 heteroatoms. The van der Waals surface area contributed by atoms with E-state index in [2.05, 4.69) is 10.6 Å². The van der Waals surface area contributed by atoms with Crippen LogP contribution < -0.4 is 10.6 Å². The van der Waals surface area contributed by atoms with Crippen molar-refractivity contribution in [2.75, 3.05) is 18.4 Å². The Kier molecular flexibility index (Phi) is 6.49. The average molecular weight is 279 g/mol. The van der Waals surface area contributed by atoms with Crippen LogP contribution in [0, 0.1) is 10.1 Å². The second-order valence-electron chi connectivity index (χ2n) is 4.53. The molecular weight excluding hydrogens is 258 g/mol. The maximum absolute atomic E-state index is 11.9. The van der Waals surface area contributed by atoms with E-state index in [9.17, 15) is 14.9 Å². The van der Waals surface area contributed by atoms with Gasteiger partial charge in [-0.15, -0.1) is 0 Å². The molecule has 2 N–H and O–H groups in total. The summed E-state index contributed by atoms with van der Waals surface area (Å²) in [6, 6.07) is 4.39. The quantitative estimate of drug-likeness (QED) is 0.435. The van der Waals surface area contributed by atoms with Crippen LogP contribution in [0.4, 0.5) is 11.4 Å². The van der Waals surface area contributed by atoms with Crippen molar-refractivity contribution >= 4 is 17.3 Å². The molecule has 0 fully saturated rings. The first-order valence-electron chi connectivity index (χ1n) is 6.90. The van der Waals surface area contributed by atoms with E-state index in [0.29, 0.717) is 24.3 Å². The fourth-order valence-corrected chi connectivity index (χ4v) is 1.72. The van der Waals surface area contributed by atoms with Crippen LogP contribution in [0.25, 0.3) is 0 Å². The fourth-order valence-electron chi connectivity index (χ4n) is 1.72. The number of nitro benzene ring substituents is 1. The van der Waals surface area contributed by atoms with E-state index >= 15 is 0 Å². The molecule has 110 valence electrons. The molecule has 0 radical (unpaired) electrons. The molecule has 1 aromatic carbocycles. The highest BCUT2D eigenvalue weighted by Gasteiger charge is 2.16. The number of rotatable bonds is 8. The zero-order valence-electron chi connectivity index (χ0n) is 11.9. The Morgan fingerprint density at radius 2 is 2.00 bits per heavy atom. The van der Waals surface area contributed by atoms with Gasteiger partial charge in [0.1, 0.15) is 5.69 Å². The van der Waals surface area contributed by atoms with Crippen LogP contribution in [0.15, 0.2) is 18.2 Å². The van der Waals surface area contributed by atoms with Crippen molar-refractivity contribution in [2.45, 2.75) is 33.1 Å². The lowest BCUT2D eigenvalue weighted by Crippen LogP contribution is -2.24. The molecule has 0 unspecified atom stereocenters. The molecule has 1 amide bonds. The second kappa shape index (κ2) is 8.14. The van der Waals surface area contributed by atoms with E-state index in [-0.39, 0.29) is 11.6 Å². The van der Waals surface area contributed by atoms with Gasteiger partial charge in [-0.1, -0.05) is 20.3 Å². The molecule has 0 aliphatic heterocycles. The largest absolute Gasteiger partial charge is 0.379 e. The highest BCUT2D eigenvalue weighted by atomic mass is 16.6. The molecule has 0 aliphatic rings. The van der Waals surface area contributed by atoms with E-state index < -0.39 is 4.92 Å². The molecule has 0 aromatic heterocycles. The van der Waals surface area contributed by atoms with Gasteiger partial charge in [0.25, 0.3) is 11.6 Å². The van der Waals surface area contributed by atoms with E-state index in [1.807, 2.05) is 13.8 Å². The number of nitro groups is 1. The Balaban J connectivity index is 2.87. The van der Waals surface area contributed by atoms with Crippen molar-refractivity contribution in [3.63, 3.8) is 0 Å². The Labute approximate surface area is 118 Å². The lowest BCUT2D eigenvalue weighted by atomic mass is 10.1. The lowest BCUT2D eigenvalue weighted by molar-refractivity contribution is -0.384. The summed E-state index contributed by atoms with van der Waals surface area (Å²) in [4.78, 5) is 22.4. The van der Waals surface area contributed by atoms with Crippen LogP contribution in [0.2, 0.25) is 0 Å². The highest BCUT2D eigenvalue weighted by molar-refractivity contribution is 5.95. The molecular formula is C14H21N3O3. The molecule has 20 heavy (non-hydrogen) atoms. The molecule has 0 aliphatic carbocycles. The number of hydrogen-bond acceptors (Lipinski definition) is 4. The first-order valence-corrected chi connectivity index (χ1v) is 6.90. The molecule has 0 atom stereocenters. The summed E-state index contributed by atoms with van der Waals surface area (Å²) in [5, 5.41) is 16.7. The molecule has 6 nitrogen and oxygen atoms in total. The van der Waals surface area contributed by atoms with E-state index in [4.69, 9.17) is 0 Å². The maximum Gasteiger partial charge on any atom is 0.292 e. The van der Waals surface area contributed by atoms with Gasteiger partial charge in [-0.3, -0.25) is 14.9 Å². The lowest BCUT2D eigenvalue weighted by Gasteiger charge is -2.09. The Morgan fingerprint density at radius 3 is 2.60 bits per heavy atom. The van der Waals surface area contributed by atoms with Crippen LogP contribution in [-0.2, 0) is 0 Å². The number of carbonyl (C=O) groups is 1. The van der Waals surface area contributed by atoms with Crippen molar-refractivity contribution in [2.24, 2.45) is 0 Å². The number of hydrogen-bond donors (Lipinski definition) is 2. The summed E-state index contributed by atoms with van der Waals surface area (Å²) in [6.45, 7) is 5.26. The SMILES string of the molecule is CCCCNC(=O)c1ccc([N+](=O)[O-])c(NCCC)c1. The number of nitrogens with one attached hydrogen (secondary N) is 2. The minimum atomic E-state index is -0.448. The number of nitrogens with zero attached hydrogens (tertiary/aromatic N) is 1. The van der Waals surface area contributed by atoms with Gasteiger partial charge >= 0.3 is 0 Å². The molecule has 0 saturated carbocycles. The summed E-state index contributed by atoms with van der Waals surface area (Å²) in [6.07, 6.45) is 2.77. The predicted octanol–water partition coefficient (Wildman–Crippen LogP) is 2.95. The molecule has 0 bridgehead atoms. The minimum absolute atomic E-state index is 0.0106. The summed E-state index contributed by atoms with van der Waals surface area (Å²) in [7, 11) is 0. The Hall–Kier alpha value is -2.11. The summed E-state index contributed by atoms with van der Waals surface area (Å²) in [5.41, 5.74) is 0.814. The number of anilines is 1. The maximum atomic E-state index is 11.9. The van der Waals surface area contributed by atoms with Crippen molar-refractivity contribution in [1.82, 2.24) is 5.32 Å². The van der Waals surface area contributed by atoms with Gasteiger partial charge in [0.05, 0.1) is 4.92 Å². The zero-order chi connectivity index (χ0) is 15.0. The van der Waals surface area contributed by atoms with Crippen molar-refractivity contribution in [1.29, 1.82) is 0 Å². The van der Waals surface area contributed by atoms with Gasteiger partial charge in [-0.25, -0.2) is 0 Å². The van der Waals surface area contributed by atoms with Gasteiger partial charge < -0.3 is 10.6 Å². The van der Waals surface area contributed by atoms with Crippen molar-refractivity contribution in [3.05, 3.63) is 33.9 Å². The number of carbonyl (C=O) groups excluding carboxylic acids is 1. The topological polar surface area (TPSA) is 84.3 Å². The van der Waals surface area contributed by atoms with E-state index in [1.54, 1.807) is 0 Å². The van der Waals surface area contributed by atoms with E-state index in [0.717, 1.165) is 19.3 Å². The summed E-state index contributed by atoms with van der Waals surface area (Å²) in [5.74, 6) is -0.201. The number of unbranched alkanes of at least 4 members (excludes halogenated alkanes) is 1. The van der Waals surface area contributed by atoms with Crippen LogP contribution in [-0.4, -0.2) is 23.9 Å². The third kappa shape index (κ3) is 4.53. The number of amides is 1. The molecule has 1 rings (SSSR count). The monoisotopic (exact) mass is 279 g/mol. The molecule has 0 heterocycles. The van der Waals surface area contributed by atoms with Gasteiger partial charge in [0.15, 0.2) is 0 Å². The summed E-state index contributed by atoms with van der Waals surface area (Å²) < 4.78 is 0. The third-order valence-corrected chi connectivity index (χ3v) is 2.84. The number of benzene rings is 1. The van der Waals surface area contributed by atoms with Gasteiger partial charge in [-0.05, 0) is 25.0 Å². The molecule has 0 spiro atoms. The molecule has 0 saturated heterocycles. The molecule has 1 aromatic rings. The normalized spacial score (nSPS) is 10.1.